The Labute approximate surface area is 111 Å². The summed E-state index contributed by atoms with van der Waals surface area (Å²) >= 11 is 0. The number of hydrazone groups is 1. The second-order valence-corrected chi connectivity index (χ2v) is 6.62. The highest BCUT2D eigenvalue weighted by molar-refractivity contribution is 7.91. The van der Waals surface area contributed by atoms with Crippen molar-refractivity contribution in [1.29, 1.82) is 0 Å². The molecule has 0 aromatic heterocycles. The van der Waals surface area contributed by atoms with Gasteiger partial charge < -0.3 is 5.11 Å². The normalized spacial score (nSPS) is 21.6. The van der Waals surface area contributed by atoms with Crippen molar-refractivity contribution in [3.63, 3.8) is 0 Å². The molecule has 1 aliphatic rings. The van der Waals surface area contributed by atoms with Gasteiger partial charge in [0.1, 0.15) is 5.75 Å². The standard InChI is InChI=1S/C12H14N2O4S/c15-11-4-2-1-3-9(11)7-13-14-12(16)10-5-6-19(17,18)8-10/h1-4,7,10,15H,5-6,8H2,(H,14,16)/b13-7+/t10-/m0/s1. The van der Waals surface area contributed by atoms with E-state index in [9.17, 15) is 18.3 Å². The van der Waals surface area contributed by atoms with Crippen LogP contribution in [0.15, 0.2) is 29.4 Å². The number of aromatic hydroxyl groups is 1. The lowest BCUT2D eigenvalue weighted by Crippen LogP contribution is -2.27. The van der Waals surface area contributed by atoms with Crippen molar-refractivity contribution in [3.8, 4) is 5.75 Å². The summed E-state index contributed by atoms with van der Waals surface area (Å²) in [6.45, 7) is 0. The summed E-state index contributed by atoms with van der Waals surface area (Å²) in [5.41, 5.74) is 2.77. The lowest BCUT2D eigenvalue weighted by atomic mass is 10.1. The minimum atomic E-state index is -3.08. The molecule has 1 fully saturated rings. The molecule has 0 aliphatic carbocycles. The summed E-state index contributed by atoms with van der Waals surface area (Å²) in [5.74, 6) is -0.956. The van der Waals surface area contributed by atoms with Crippen molar-refractivity contribution in [3.05, 3.63) is 29.8 Å². The zero-order chi connectivity index (χ0) is 13.9. The van der Waals surface area contributed by atoms with Gasteiger partial charge in [-0.05, 0) is 18.6 Å². The zero-order valence-electron chi connectivity index (χ0n) is 10.1. The molecule has 1 atom stereocenters. The van der Waals surface area contributed by atoms with Gasteiger partial charge in [0, 0.05) is 5.56 Å². The van der Waals surface area contributed by atoms with E-state index in [-0.39, 0.29) is 17.3 Å². The lowest BCUT2D eigenvalue weighted by Gasteiger charge is -2.04. The molecule has 1 heterocycles. The predicted octanol–water partition coefficient (Wildman–Crippen LogP) is 0.277. The van der Waals surface area contributed by atoms with Gasteiger partial charge in [-0.1, -0.05) is 12.1 Å². The second-order valence-electron chi connectivity index (χ2n) is 4.39. The number of amides is 1. The van der Waals surface area contributed by atoms with Crippen molar-refractivity contribution >= 4 is 22.0 Å². The summed E-state index contributed by atoms with van der Waals surface area (Å²) in [4.78, 5) is 11.7. The molecule has 0 bridgehead atoms. The first-order valence-corrected chi connectivity index (χ1v) is 7.61. The molecule has 19 heavy (non-hydrogen) atoms. The van der Waals surface area contributed by atoms with Crippen LogP contribution in [0.3, 0.4) is 0 Å². The van der Waals surface area contributed by atoms with Crippen molar-refractivity contribution in [2.24, 2.45) is 11.0 Å². The van der Waals surface area contributed by atoms with Crippen molar-refractivity contribution < 1.29 is 18.3 Å². The molecule has 7 heteroatoms. The number of carbonyl (C=O) groups is 1. The van der Waals surface area contributed by atoms with Crippen molar-refractivity contribution in [2.45, 2.75) is 6.42 Å². The van der Waals surface area contributed by atoms with E-state index in [0.29, 0.717) is 12.0 Å². The summed E-state index contributed by atoms with van der Waals surface area (Å²) in [6, 6.07) is 6.55. The van der Waals surface area contributed by atoms with Gasteiger partial charge in [-0.15, -0.1) is 0 Å². The van der Waals surface area contributed by atoms with Gasteiger partial charge in [0.2, 0.25) is 5.91 Å². The fourth-order valence-electron chi connectivity index (χ4n) is 1.86. The minimum absolute atomic E-state index is 0.0499. The first kappa shape index (κ1) is 13.5. The number of sulfone groups is 1. The average Bonchev–Trinajstić information content (AvgIpc) is 2.72. The molecule has 1 saturated heterocycles. The summed E-state index contributed by atoms with van der Waals surface area (Å²) < 4.78 is 22.5. The Morgan fingerprint density at radius 2 is 2.16 bits per heavy atom. The molecule has 1 aromatic carbocycles. The van der Waals surface area contributed by atoms with Crippen LogP contribution in [0.4, 0.5) is 0 Å². The Morgan fingerprint density at radius 3 is 2.79 bits per heavy atom. The van der Waals surface area contributed by atoms with Gasteiger partial charge in [0.25, 0.3) is 0 Å². The number of carbonyl (C=O) groups excluding carboxylic acids is 1. The van der Waals surface area contributed by atoms with Crippen molar-refractivity contribution in [1.82, 2.24) is 5.43 Å². The van der Waals surface area contributed by atoms with E-state index >= 15 is 0 Å². The third-order valence-electron chi connectivity index (χ3n) is 2.92. The molecule has 102 valence electrons. The molecular formula is C12H14N2O4S. The summed E-state index contributed by atoms with van der Waals surface area (Å²) in [5, 5.41) is 13.2. The number of phenols is 1. The number of phenolic OH excluding ortho intramolecular Hbond substituents is 1. The van der Waals surface area contributed by atoms with Gasteiger partial charge in [0.05, 0.1) is 23.6 Å². The molecule has 1 aliphatic heterocycles. The number of benzene rings is 1. The average molecular weight is 282 g/mol. The first-order chi connectivity index (χ1) is 8.98. The molecule has 0 unspecified atom stereocenters. The largest absolute Gasteiger partial charge is 0.507 e. The molecule has 0 saturated carbocycles. The Bertz CT molecular complexity index is 610. The number of nitrogens with zero attached hydrogens (tertiary/aromatic N) is 1. The van der Waals surface area contributed by atoms with Crippen LogP contribution in [0.5, 0.6) is 5.75 Å². The Balaban J connectivity index is 1.93. The third-order valence-corrected chi connectivity index (χ3v) is 4.69. The highest BCUT2D eigenvalue weighted by Gasteiger charge is 2.32. The smallest absolute Gasteiger partial charge is 0.244 e. The fraction of sp³-hybridized carbons (Fsp3) is 0.333. The highest BCUT2D eigenvalue weighted by Crippen LogP contribution is 2.18. The van der Waals surface area contributed by atoms with Crippen LogP contribution in [-0.2, 0) is 14.6 Å². The van der Waals surface area contributed by atoms with Crippen LogP contribution >= 0.6 is 0 Å². The second kappa shape index (κ2) is 5.40. The van der Waals surface area contributed by atoms with E-state index < -0.39 is 21.7 Å². The van der Waals surface area contributed by atoms with Crippen LogP contribution in [0.2, 0.25) is 0 Å². The van der Waals surface area contributed by atoms with Gasteiger partial charge in [-0.25, -0.2) is 13.8 Å². The van der Waals surface area contributed by atoms with Crippen LogP contribution in [0.1, 0.15) is 12.0 Å². The number of nitrogens with one attached hydrogen (secondary N) is 1. The molecule has 0 spiro atoms. The van der Waals surface area contributed by atoms with E-state index in [0.717, 1.165) is 0 Å². The van der Waals surface area contributed by atoms with E-state index in [1.54, 1.807) is 18.2 Å². The number of rotatable bonds is 3. The molecule has 1 aromatic rings. The SMILES string of the molecule is O=C(N/N=C/c1ccccc1O)[C@H]1CCS(=O)(=O)C1. The summed E-state index contributed by atoms with van der Waals surface area (Å²) in [7, 11) is -3.08. The maximum Gasteiger partial charge on any atom is 0.244 e. The predicted molar refractivity (Wildman–Crippen MR) is 70.6 cm³/mol. The Kier molecular flexibility index (Phi) is 3.84. The van der Waals surface area contributed by atoms with Gasteiger partial charge in [-0.3, -0.25) is 4.79 Å². The zero-order valence-corrected chi connectivity index (χ0v) is 10.9. The quantitative estimate of drug-likeness (QED) is 0.614. The van der Waals surface area contributed by atoms with E-state index in [2.05, 4.69) is 10.5 Å². The molecule has 0 radical (unpaired) electrons. The Morgan fingerprint density at radius 1 is 1.42 bits per heavy atom. The number of hydrogen-bond donors (Lipinski definition) is 2. The molecule has 6 nitrogen and oxygen atoms in total. The number of para-hydroxylation sites is 1. The van der Waals surface area contributed by atoms with Gasteiger partial charge in [-0.2, -0.15) is 5.10 Å². The fourth-order valence-corrected chi connectivity index (χ4v) is 3.60. The van der Waals surface area contributed by atoms with E-state index in [4.69, 9.17) is 0 Å². The maximum absolute atomic E-state index is 11.7. The summed E-state index contributed by atoms with van der Waals surface area (Å²) in [6.07, 6.45) is 1.65. The maximum atomic E-state index is 11.7. The van der Waals surface area contributed by atoms with Gasteiger partial charge >= 0.3 is 0 Å². The first-order valence-electron chi connectivity index (χ1n) is 5.79. The third kappa shape index (κ3) is 3.54. The van der Waals surface area contributed by atoms with Crippen LogP contribution < -0.4 is 5.43 Å². The number of hydrogen-bond acceptors (Lipinski definition) is 5. The van der Waals surface area contributed by atoms with Crippen molar-refractivity contribution in [2.75, 3.05) is 11.5 Å². The van der Waals surface area contributed by atoms with Gasteiger partial charge in [0.15, 0.2) is 9.84 Å². The van der Waals surface area contributed by atoms with Crippen LogP contribution in [-0.4, -0.2) is 37.2 Å². The van der Waals surface area contributed by atoms with Crippen LogP contribution in [0, 0.1) is 5.92 Å². The van der Waals surface area contributed by atoms with Crippen LogP contribution in [0.25, 0.3) is 0 Å². The molecule has 2 N–H and O–H groups in total. The molecule has 2 rings (SSSR count). The lowest BCUT2D eigenvalue weighted by molar-refractivity contribution is -0.124. The Hall–Kier alpha value is -1.89. The molecular weight excluding hydrogens is 268 g/mol. The van der Waals surface area contributed by atoms with E-state index in [1.165, 1.54) is 12.3 Å². The minimum Gasteiger partial charge on any atom is -0.507 e. The van der Waals surface area contributed by atoms with E-state index in [1.807, 2.05) is 0 Å². The highest BCUT2D eigenvalue weighted by atomic mass is 32.2. The monoisotopic (exact) mass is 282 g/mol. The topological polar surface area (TPSA) is 95.8 Å². The molecule has 1 amide bonds.